The van der Waals surface area contributed by atoms with Gasteiger partial charge in [0.25, 0.3) is 0 Å². The van der Waals surface area contributed by atoms with E-state index in [1.165, 1.54) is 0 Å². The summed E-state index contributed by atoms with van der Waals surface area (Å²) in [6.45, 7) is 1.77. The Labute approximate surface area is 186 Å². The molecule has 1 aliphatic rings. The summed E-state index contributed by atoms with van der Waals surface area (Å²) in [5, 5.41) is 6.99. The van der Waals surface area contributed by atoms with E-state index in [9.17, 15) is 4.79 Å². The molecular weight excluding hydrogens is 412 g/mol. The highest BCUT2D eigenvalue weighted by atomic mass is 16.5. The largest absolute Gasteiger partial charge is 0.493 e. The van der Waals surface area contributed by atoms with E-state index in [1.807, 2.05) is 23.1 Å². The molecule has 10 nitrogen and oxygen atoms in total. The lowest BCUT2D eigenvalue weighted by Crippen LogP contribution is -2.45. The van der Waals surface area contributed by atoms with Gasteiger partial charge in [-0.25, -0.2) is 9.78 Å². The van der Waals surface area contributed by atoms with Gasteiger partial charge in [-0.1, -0.05) is 11.2 Å². The number of hydrogen-bond donors (Lipinski definition) is 1. The lowest BCUT2D eigenvalue weighted by Gasteiger charge is -2.32. The molecule has 1 aromatic carbocycles. The number of nitrogens with zero attached hydrogens (tertiary/aromatic N) is 5. The van der Waals surface area contributed by atoms with Gasteiger partial charge in [0.2, 0.25) is 11.7 Å². The third-order valence-corrected chi connectivity index (χ3v) is 5.42. The first kappa shape index (κ1) is 21.5. The molecule has 3 heterocycles. The van der Waals surface area contributed by atoms with Crippen LogP contribution in [-0.4, -0.2) is 58.3 Å². The second-order valence-corrected chi connectivity index (χ2v) is 7.61. The number of piperidine rings is 1. The Morgan fingerprint density at radius 3 is 2.91 bits per heavy atom. The second kappa shape index (κ2) is 10.1. The molecule has 1 unspecified atom stereocenters. The number of amides is 2. The van der Waals surface area contributed by atoms with Crippen LogP contribution in [0.5, 0.6) is 11.5 Å². The molecule has 1 atom stereocenters. The minimum absolute atomic E-state index is 0.0877. The predicted molar refractivity (Wildman–Crippen MR) is 115 cm³/mol. The molecule has 0 aliphatic carbocycles. The van der Waals surface area contributed by atoms with Crippen LogP contribution in [0.4, 0.5) is 4.79 Å². The number of hydrogen-bond acceptors (Lipinski definition) is 8. The molecule has 1 aliphatic heterocycles. The zero-order valence-corrected chi connectivity index (χ0v) is 18.2. The normalized spacial score (nSPS) is 15.9. The van der Waals surface area contributed by atoms with Crippen LogP contribution in [0.15, 0.2) is 41.3 Å². The molecule has 0 saturated carbocycles. The van der Waals surface area contributed by atoms with Gasteiger partial charge in [0, 0.05) is 38.4 Å². The van der Waals surface area contributed by atoms with Gasteiger partial charge in [0.1, 0.15) is 5.69 Å². The molecule has 2 aromatic heterocycles. The van der Waals surface area contributed by atoms with Crippen LogP contribution in [-0.2, 0) is 13.0 Å². The molecule has 32 heavy (non-hydrogen) atoms. The van der Waals surface area contributed by atoms with E-state index in [0.717, 1.165) is 24.9 Å². The van der Waals surface area contributed by atoms with Crippen molar-refractivity contribution < 1.29 is 18.8 Å². The summed E-state index contributed by atoms with van der Waals surface area (Å²) in [6.07, 6.45) is 7.33. The number of nitrogens with one attached hydrogen (secondary N) is 1. The fraction of sp³-hybridized carbons (Fsp3) is 0.409. The minimum atomic E-state index is -0.0877. The number of likely N-dealkylation sites (tertiary alicyclic amines) is 1. The third-order valence-electron chi connectivity index (χ3n) is 5.42. The van der Waals surface area contributed by atoms with E-state index < -0.39 is 0 Å². The topological polar surface area (TPSA) is 116 Å². The Morgan fingerprint density at radius 1 is 1.25 bits per heavy atom. The van der Waals surface area contributed by atoms with E-state index in [2.05, 4.69) is 25.4 Å². The van der Waals surface area contributed by atoms with Crippen LogP contribution in [0, 0.1) is 5.92 Å². The van der Waals surface area contributed by atoms with E-state index in [4.69, 9.17) is 14.0 Å². The number of aromatic nitrogens is 4. The molecule has 2 amide bonds. The molecule has 1 N–H and O–H groups in total. The van der Waals surface area contributed by atoms with E-state index in [0.29, 0.717) is 48.4 Å². The van der Waals surface area contributed by atoms with Crippen molar-refractivity contribution in [2.24, 2.45) is 5.92 Å². The average molecular weight is 438 g/mol. The van der Waals surface area contributed by atoms with Crippen LogP contribution in [0.1, 0.15) is 24.3 Å². The first-order valence-electron chi connectivity index (χ1n) is 10.5. The summed E-state index contributed by atoms with van der Waals surface area (Å²) in [4.78, 5) is 27.2. The van der Waals surface area contributed by atoms with Crippen molar-refractivity contribution >= 4 is 6.03 Å². The van der Waals surface area contributed by atoms with Crippen molar-refractivity contribution in [2.75, 3.05) is 27.3 Å². The summed E-state index contributed by atoms with van der Waals surface area (Å²) in [5.41, 5.74) is 1.51. The SMILES string of the molecule is COc1ccc(CNC(=O)N2CCCC(Cc3nc(-c4cnccn4)no3)C2)cc1OC. The highest BCUT2D eigenvalue weighted by Gasteiger charge is 2.25. The van der Waals surface area contributed by atoms with Crippen molar-refractivity contribution in [1.29, 1.82) is 0 Å². The van der Waals surface area contributed by atoms with Gasteiger partial charge < -0.3 is 24.2 Å². The third kappa shape index (κ3) is 5.13. The summed E-state index contributed by atoms with van der Waals surface area (Å²) >= 11 is 0. The summed E-state index contributed by atoms with van der Waals surface area (Å²) in [5.74, 6) is 2.52. The monoisotopic (exact) mass is 438 g/mol. The number of urea groups is 1. The van der Waals surface area contributed by atoms with Crippen LogP contribution in [0.3, 0.4) is 0 Å². The van der Waals surface area contributed by atoms with E-state index in [1.54, 1.807) is 32.8 Å². The van der Waals surface area contributed by atoms with Crippen molar-refractivity contribution in [3.05, 3.63) is 48.2 Å². The fourth-order valence-corrected chi connectivity index (χ4v) is 3.80. The van der Waals surface area contributed by atoms with Crippen molar-refractivity contribution in [3.63, 3.8) is 0 Å². The number of rotatable bonds is 7. The Morgan fingerprint density at radius 2 is 2.12 bits per heavy atom. The van der Waals surface area contributed by atoms with E-state index >= 15 is 0 Å². The number of benzene rings is 1. The highest BCUT2D eigenvalue weighted by molar-refractivity contribution is 5.74. The van der Waals surface area contributed by atoms with Crippen molar-refractivity contribution in [1.82, 2.24) is 30.3 Å². The molecule has 168 valence electrons. The maximum absolute atomic E-state index is 12.7. The Bertz CT molecular complexity index is 1040. The van der Waals surface area contributed by atoms with Gasteiger partial charge in [0.15, 0.2) is 11.5 Å². The Kier molecular flexibility index (Phi) is 6.78. The summed E-state index contributed by atoms with van der Waals surface area (Å²) in [7, 11) is 3.19. The first-order valence-corrected chi connectivity index (χ1v) is 10.5. The molecule has 0 radical (unpaired) electrons. The molecule has 0 bridgehead atoms. The average Bonchev–Trinajstić information content (AvgIpc) is 3.31. The van der Waals surface area contributed by atoms with Crippen molar-refractivity contribution in [2.45, 2.75) is 25.8 Å². The lowest BCUT2D eigenvalue weighted by atomic mass is 9.95. The molecular formula is C22H26N6O4. The number of carbonyl (C=O) groups excluding carboxylic acids is 1. The standard InChI is InChI=1S/C22H26N6O4/c1-30-18-6-5-15(10-19(18)31-2)12-25-22(29)28-9-3-4-16(14-28)11-20-26-21(27-32-20)17-13-23-7-8-24-17/h5-8,10,13,16H,3-4,9,11-12,14H2,1-2H3,(H,25,29). The predicted octanol–water partition coefficient (Wildman–Crippen LogP) is 2.71. The molecule has 3 aromatic rings. The first-order chi connectivity index (χ1) is 15.7. The van der Waals surface area contributed by atoms with Crippen LogP contribution in [0.25, 0.3) is 11.5 Å². The highest BCUT2D eigenvalue weighted by Crippen LogP contribution is 2.27. The number of methoxy groups -OCH3 is 2. The quantitative estimate of drug-likeness (QED) is 0.599. The molecule has 10 heteroatoms. The van der Waals surface area contributed by atoms with Gasteiger partial charge in [0.05, 0.1) is 20.4 Å². The van der Waals surface area contributed by atoms with Gasteiger partial charge in [-0.3, -0.25) is 4.98 Å². The molecule has 0 spiro atoms. The Balaban J connectivity index is 1.31. The maximum atomic E-state index is 12.7. The molecule has 4 rings (SSSR count). The van der Waals surface area contributed by atoms with Gasteiger partial charge in [-0.05, 0) is 36.5 Å². The van der Waals surface area contributed by atoms with Gasteiger partial charge in [-0.2, -0.15) is 4.98 Å². The van der Waals surface area contributed by atoms with Crippen LogP contribution >= 0.6 is 0 Å². The second-order valence-electron chi connectivity index (χ2n) is 7.61. The van der Waals surface area contributed by atoms with Gasteiger partial charge in [-0.15, -0.1) is 0 Å². The zero-order chi connectivity index (χ0) is 22.3. The Hall–Kier alpha value is -3.69. The minimum Gasteiger partial charge on any atom is -0.493 e. The smallest absolute Gasteiger partial charge is 0.317 e. The summed E-state index contributed by atoms with van der Waals surface area (Å²) < 4.78 is 16.0. The zero-order valence-electron chi connectivity index (χ0n) is 18.2. The lowest BCUT2D eigenvalue weighted by molar-refractivity contribution is 0.161. The van der Waals surface area contributed by atoms with E-state index in [-0.39, 0.29) is 11.9 Å². The van der Waals surface area contributed by atoms with Gasteiger partial charge >= 0.3 is 6.03 Å². The van der Waals surface area contributed by atoms with Crippen LogP contribution in [0.2, 0.25) is 0 Å². The molecule has 1 saturated heterocycles. The fourth-order valence-electron chi connectivity index (χ4n) is 3.80. The molecule has 1 fully saturated rings. The number of ether oxygens (including phenoxy) is 2. The maximum Gasteiger partial charge on any atom is 0.317 e. The van der Waals surface area contributed by atoms with Crippen LogP contribution < -0.4 is 14.8 Å². The summed E-state index contributed by atoms with van der Waals surface area (Å²) in [6, 6.07) is 5.51. The number of carbonyl (C=O) groups is 1. The van der Waals surface area contributed by atoms with Crippen molar-refractivity contribution in [3.8, 4) is 23.0 Å².